The molecule has 0 aromatic carbocycles. The fraction of sp³-hybridized carbons (Fsp3) is 0.860. The summed E-state index contributed by atoms with van der Waals surface area (Å²) in [5.41, 5.74) is 0. The van der Waals surface area contributed by atoms with E-state index in [1.54, 1.807) is 0 Å². The van der Waals surface area contributed by atoms with Crippen molar-refractivity contribution in [2.75, 3.05) is 13.2 Å². The van der Waals surface area contributed by atoms with Gasteiger partial charge in [0.25, 0.3) is 7.82 Å². The summed E-state index contributed by atoms with van der Waals surface area (Å²) in [5, 5.41) is 49.9. The van der Waals surface area contributed by atoms with Crippen LogP contribution in [0.1, 0.15) is 181 Å². The predicted molar refractivity (Wildman–Crippen MR) is 219 cm³/mol. The quantitative estimate of drug-likeness (QED) is 0.0194. The van der Waals surface area contributed by atoms with Gasteiger partial charge in [0.2, 0.25) is 0 Å². The second kappa shape index (κ2) is 36.9. The second-order valence-corrected chi connectivity index (χ2v) is 16.9. The Kier molecular flexibility index (Phi) is 36.5. The molecule has 8 atom stereocenters. The van der Waals surface area contributed by atoms with E-state index in [0.717, 1.165) is 64.2 Å². The van der Waals surface area contributed by atoms with Crippen LogP contribution in [-0.4, -0.2) is 93.4 Å². The molecule has 0 amide bonds. The molecule has 1 saturated carbocycles. The summed E-state index contributed by atoms with van der Waals surface area (Å²) in [6, 6.07) is 0. The smallest absolute Gasteiger partial charge is 0.756 e. The SMILES string of the molecule is CCCCC/C=C/C/C=C/CCCCCCCC(=O)OC(COC(=O)CCCCCCCCCCCCCCC)COP(=O)([O-])OC1[C@H](O)[C@H](O)C(O)[C@H](O)[C@H]1O.[Na+]. The Hall–Kier alpha value is -0.670. The fourth-order valence-corrected chi connectivity index (χ4v) is 7.62. The normalized spacial score (nSPS) is 22.5. The van der Waals surface area contributed by atoms with Crippen molar-refractivity contribution in [1.82, 2.24) is 0 Å². The molecule has 1 aliphatic carbocycles. The van der Waals surface area contributed by atoms with Gasteiger partial charge in [-0.05, 0) is 44.9 Å². The first kappa shape index (κ1) is 57.3. The van der Waals surface area contributed by atoms with E-state index in [2.05, 4.69) is 38.2 Å². The molecule has 1 fully saturated rings. The van der Waals surface area contributed by atoms with Gasteiger partial charge in [0.15, 0.2) is 6.10 Å². The molecule has 0 spiro atoms. The van der Waals surface area contributed by atoms with Crippen LogP contribution in [0.25, 0.3) is 0 Å². The number of allylic oxidation sites excluding steroid dienone is 4. The van der Waals surface area contributed by atoms with Crippen LogP contribution in [0.3, 0.4) is 0 Å². The molecule has 0 aromatic rings. The first-order valence-electron chi connectivity index (χ1n) is 22.1. The van der Waals surface area contributed by atoms with Crippen molar-refractivity contribution in [3.63, 3.8) is 0 Å². The molecule has 1 rings (SSSR count). The van der Waals surface area contributed by atoms with Crippen molar-refractivity contribution in [3.05, 3.63) is 24.3 Å². The molecule has 1 aliphatic rings. The molecule has 0 aliphatic heterocycles. The Bertz CT molecular complexity index is 1110. The van der Waals surface area contributed by atoms with E-state index >= 15 is 0 Å². The third kappa shape index (κ3) is 28.8. The Labute approximate surface area is 371 Å². The van der Waals surface area contributed by atoms with Gasteiger partial charge in [-0.15, -0.1) is 0 Å². The summed E-state index contributed by atoms with van der Waals surface area (Å²) in [6.45, 7) is 3.16. The molecular weight excluding hydrogens is 778 g/mol. The molecule has 13 nitrogen and oxygen atoms in total. The standard InChI is InChI=1S/C43H79O13P.Na/c1-3-5-7-9-11-13-15-17-18-20-22-24-26-28-30-32-37(45)55-35(34-54-57(51,52)56-43-41(49)39(47)38(46)40(48)42(43)50)33-53-36(44)31-29-27-25-23-21-19-16-14-12-10-8-6-4-2;/h11,13,17-18,35,38-43,46-50H,3-10,12,14-16,19-34H2,1-2H3,(H,51,52);/q;+1/p-1/b13-11+,18-17+;/t35?,38?,39-,40+,41-,42-,43?;/m1./s1. The summed E-state index contributed by atoms with van der Waals surface area (Å²) in [5.74, 6) is -1.15. The number of hydrogen-bond acceptors (Lipinski definition) is 13. The minimum absolute atomic E-state index is 0. The summed E-state index contributed by atoms with van der Waals surface area (Å²) < 4.78 is 33.1. The van der Waals surface area contributed by atoms with Crippen LogP contribution >= 0.6 is 7.82 Å². The number of esters is 2. The van der Waals surface area contributed by atoms with Crippen LogP contribution in [0.2, 0.25) is 0 Å². The number of rotatable bonds is 36. The average Bonchev–Trinajstić information content (AvgIpc) is 3.19. The van der Waals surface area contributed by atoms with Crippen molar-refractivity contribution in [3.8, 4) is 0 Å². The van der Waals surface area contributed by atoms with Gasteiger partial charge in [-0.1, -0.05) is 147 Å². The summed E-state index contributed by atoms with van der Waals surface area (Å²) >= 11 is 0. The average molecular weight is 857 g/mol. The maximum atomic E-state index is 12.7. The first-order valence-corrected chi connectivity index (χ1v) is 23.6. The molecule has 0 aromatic heterocycles. The summed E-state index contributed by atoms with van der Waals surface area (Å²) in [7, 11) is -5.36. The van der Waals surface area contributed by atoms with Crippen LogP contribution in [0.15, 0.2) is 24.3 Å². The predicted octanol–water partition coefficient (Wildman–Crippen LogP) is 4.43. The molecule has 15 heteroatoms. The molecule has 0 heterocycles. The van der Waals surface area contributed by atoms with Gasteiger partial charge < -0.3 is 48.9 Å². The van der Waals surface area contributed by atoms with E-state index < -0.39 is 75.7 Å². The fourth-order valence-electron chi connectivity index (χ4n) is 6.66. The number of aliphatic hydroxyl groups is 5. The number of carbonyl (C=O) groups excluding carboxylic acids is 2. The molecule has 58 heavy (non-hydrogen) atoms. The van der Waals surface area contributed by atoms with Crippen LogP contribution in [0.5, 0.6) is 0 Å². The zero-order chi connectivity index (χ0) is 42.2. The number of unbranched alkanes of at least 4 members (excludes halogenated alkanes) is 20. The maximum absolute atomic E-state index is 12.7. The monoisotopic (exact) mass is 857 g/mol. The van der Waals surface area contributed by atoms with E-state index in [9.17, 15) is 44.6 Å². The molecule has 5 N–H and O–H groups in total. The van der Waals surface area contributed by atoms with E-state index in [0.29, 0.717) is 12.8 Å². The topological polar surface area (TPSA) is 212 Å². The minimum atomic E-state index is -5.36. The van der Waals surface area contributed by atoms with Gasteiger partial charge in [0, 0.05) is 12.8 Å². The molecule has 4 unspecified atom stereocenters. The van der Waals surface area contributed by atoms with E-state index in [1.807, 2.05) is 0 Å². The van der Waals surface area contributed by atoms with E-state index in [-0.39, 0.29) is 42.4 Å². The van der Waals surface area contributed by atoms with Gasteiger partial charge in [0.05, 0.1) is 6.61 Å². The van der Waals surface area contributed by atoms with E-state index in [1.165, 1.54) is 77.0 Å². The number of carbonyl (C=O) groups is 2. The molecule has 0 radical (unpaired) electrons. The Morgan fingerprint density at radius 1 is 0.569 bits per heavy atom. The maximum Gasteiger partial charge on any atom is 1.00 e. The van der Waals surface area contributed by atoms with Crippen molar-refractivity contribution < 1.29 is 92.7 Å². The minimum Gasteiger partial charge on any atom is -0.756 e. The van der Waals surface area contributed by atoms with Crippen molar-refractivity contribution in [2.45, 2.75) is 224 Å². The number of phosphoric acid groups is 1. The number of hydrogen-bond donors (Lipinski definition) is 5. The van der Waals surface area contributed by atoms with Crippen molar-refractivity contribution in [1.29, 1.82) is 0 Å². The van der Waals surface area contributed by atoms with Gasteiger partial charge in [-0.25, -0.2) is 0 Å². The largest absolute Gasteiger partial charge is 1.00 e. The Morgan fingerprint density at radius 3 is 1.47 bits per heavy atom. The van der Waals surface area contributed by atoms with Crippen LogP contribution < -0.4 is 34.5 Å². The number of phosphoric ester groups is 1. The summed E-state index contributed by atoms with van der Waals surface area (Å²) in [6.07, 6.45) is 21.9. The number of aliphatic hydroxyl groups excluding tert-OH is 5. The summed E-state index contributed by atoms with van der Waals surface area (Å²) in [4.78, 5) is 37.9. The third-order valence-corrected chi connectivity index (χ3v) is 11.3. The van der Waals surface area contributed by atoms with Gasteiger partial charge >= 0.3 is 41.5 Å². The van der Waals surface area contributed by atoms with Gasteiger partial charge in [-0.2, -0.15) is 0 Å². The van der Waals surface area contributed by atoms with Crippen molar-refractivity contribution in [2.24, 2.45) is 0 Å². The second-order valence-electron chi connectivity index (χ2n) is 15.5. The first-order chi connectivity index (χ1) is 27.4. The molecule has 0 bridgehead atoms. The Morgan fingerprint density at radius 2 is 0.966 bits per heavy atom. The zero-order valence-corrected chi connectivity index (χ0v) is 39.0. The van der Waals surface area contributed by atoms with Crippen LogP contribution in [-0.2, 0) is 32.7 Å². The van der Waals surface area contributed by atoms with Gasteiger partial charge in [0.1, 0.15) is 43.2 Å². The van der Waals surface area contributed by atoms with Gasteiger partial charge in [-0.3, -0.25) is 14.2 Å². The third-order valence-electron chi connectivity index (χ3n) is 10.3. The Balaban J connectivity index is 0.0000325. The van der Waals surface area contributed by atoms with Crippen molar-refractivity contribution >= 4 is 19.8 Å². The van der Waals surface area contributed by atoms with Crippen LogP contribution in [0.4, 0.5) is 0 Å². The number of ether oxygens (including phenoxy) is 2. The molecule has 0 saturated heterocycles. The van der Waals surface area contributed by atoms with E-state index in [4.69, 9.17) is 18.5 Å². The van der Waals surface area contributed by atoms with Crippen LogP contribution in [0, 0.1) is 0 Å². The molecular formula is C43H78NaO13P. The zero-order valence-electron chi connectivity index (χ0n) is 36.1. The molecule has 334 valence electrons.